The average molecular weight is 320 g/mol. The lowest BCUT2D eigenvalue weighted by Gasteiger charge is -2.22. The maximum atomic E-state index is 13.2. The van der Waals surface area contributed by atoms with E-state index in [-0.39, 0.29) is 30.6 Å². The smallest absolute Gasteiger partial charge is 0.232 e. The molecule has 1 aromatic rings. The number of hydrogen-bond donors (Lipinski definition) is 1. The molecule has 0 aliphatic carbocycles. The minimum atomic E-state index is -3.71. The minimum absolute atomic E-state index is 0.0197. The van der Waals surface area contributed by atoms with Gasteiger partial charge in [0.05, 0.1) is 11.9 Å². The Hall–Kier alpha value is -1.70. The molecule has 5 nitrogen and oxygen atoms in total. The Labute approximate surface area is 123 Å². The quantitative estimate of drug-likeness (QED) is 0.866. The number of sulfonamides is 1. The molecule has 1 N–H and O–H groups in total. The van der Waals surface area contributed by atoms with E-state index in [0.29, 0.717) is 0 Å². The standard InChI is InChI=1S/C13H18F2N2O3S/c1-9(2)16-13(18)6-7-17(21(3,19)20)10-4-5-11(14)12(15)8-10/h4-5,8-9H,6-7H2,1-3H3,(H,16,18). The van der Waals surface area contributed by atoms with Crippen LogP contribution < -0.4 is 9.62 Å². The van der Waals surface area contributed by atoms with Crippen LogP contribution in [0.25, 0.3) is 0 Å². The molecule has 0 unspecified atom stereocenters. The molecular weight excluding hydrogens is 302 g/mol. The van der Waals surface area contributed by atoms with Crippen molar-refractivity contribution in [2.75, 3.05) is 17.1 Å². The summed E-state index contributed by atoms with van der Waals surface area (Å²) < 4.78 is 50.5. The number of carbonyl (C=O) groups excluding carboxylic acids is 1. The molecule has 0 aliphatic heterocycles. The van der Waals surface area contributed by atoms with Crippen molar-refractivity contribution < 1.29 is 22.0 Å². The summed E-state index contributed by atoms with van der Waals surface area (Å²) in [4.78, 5) is 11.6. The van der Waals surface area contributed by atoms with Crippen LogP contribution in [0.2, 0.25) is 0 Å². The van der Waals surface area contributed by atoms with Gasteiger partial charge in [-0.05, 0) is 26.0 Å². The first-order chi connectivity index (χ1) is 9.61. The molecule has 1 rings (SSSR count). The van der Waals surface area contributed by atoms with Gasteiger partial charge in [0.15, 0.2) is 11.6 Å². The monoisotopic (exact) mass is 320 g/mol. The molecule has 21 heavy (non-hydrogen) atoms. The van der Waals surface area contributed by atoms with Crippen molar-refractivity contribution in [3.8, 4) is 0 Å². The topological polar surface area (TPSA) is 66.5 Å². The third-order valence-corrected chi connectivity index (χ3v) is 3.78. The summed E-state index contributed by atoms with van der Waals surface area (Å²) >= 11 is 0. The maximum absolute atomic E-state index is 13.2. The highest BCUT2D eigenvalue weighted by atomic mass is 32.2. The van der Waals surface area contributed by atoms with Crippen LogP contribution in [0.15, 0.2) is 18.2 Å². The van der Waals surface area contributed by atoms with E-state index in [0.717, 1.165) is 28.8 Å². The molecule has 0 heterocycles. The summed E-state index contributed by atoms with van der Waals surface area (Å²) in [6, 6.07) is 2.72. The highest BCUT2D eigenvalue weighted by Crippen LogP contribution is 2.20. The second kappa shape index (κ2) is 6.84. The Morgan fingerprint density at radius 1 is 1.29 bits per heavy atom. The van der Waals surface area contributed by atoms with Crippen molar-refractivity contribution >= 4 is 21.6 Å². The predicted octanol–water partition coefficient (Wildman–Crippen LogP) is 1.65. The van der Waals surface area contributed by atoms with Crippen LogP contribution in [0.4, 0.5) is 14.5 Å². The number of nitrogens with one attached hydrogen (secondary N) is 1. The zero-order valence-corrected chi connectivity index (χ0v) is 12.9. The van der Waals surface area contributed by atoms with E-state index in [4.69, 9.17) is 0 Å². The normalized spacial score (nSPS) is 11.5. The van der Waals surface area contributed by atoms with Gasteiger partial charge in [0, 0.05) is 25.1 Å². The lowest BCUT2D eigenvalue weighted by molar-refractivity contribution is -0.121. The van der Waals surface area contributed by atoms with Crippen molar-refractivity contribution in [3.05, 3.63) is 29.8 Å². The number of halogens is 2. The van der Waals surface area contributed by atoms with Gasteiger partial charge in [-0.15, -0.1) is 0 Å². The number of rotatable bonds is 6. The number of benzene rings is 1. The van der Waals surface area contributed by atoms with E-state index in [1.807, 2.05) is 0 Å². The van der Waals surface area contributed by atoms with Gasteiger partial charge in [0.2, 0.25) is 15.9 Å². The van der Waals surface area contributed by atoms with Gasteiger partial charge in [0.1, 0.15) is 0 Å². The summed E-state index contributed by atoms with van der Waals surface area (Å²) in [5.41, 5.74) is -0.0197. The second-order valence-electron chi connectivity index (χ2n) is 4.91. The van der Waals surface area contributed by atoms with Crippen LogP contribution in [-0.2, 0) is 14.8 Å². The molecule has 0 saturated heterocycles. The number of carbonyl (C=O) groups is 1. The molecule has 0 atom stereocenters. The van der Waals surface area contributed by atoms with Crippen LogP contribution in [0.3, 0.4) is 0 Å². The molecular formula is C13H18F2N2O3S. The summed E-state index contributed by atoms with van der Waals surface area (Å²) in [6.45, 7) is 3.41. The third-order valence-electron chi connectivity index (χ3n) is 2.58. The largest absolute Gasteiger partial charge is 0.354 e. The molecule has 0 bridgehead atoms. The fourth-order valence-corrected chi connectivity index (χ4v) is 2.64. The van der Waals surface area contributed by atoms with Gasteiger partial charge in [-0.2, -0.15) is 0 Å². The Balaban J connectivity index is 2.92. The zero-order valence-electron chi connectivity index (χ0n) is 12.1. The maximum Gasteiger partial charge on any atom is 0.232 e. The van der Waals surface area contributed by atoms with E-state index in [9.17, 15) is 22.0 Å². The first-order valence-corrected chi connectivity index (χ1v) is 8.18. The number of anilines is 1. The van der Waals surface area contributed by atoms with E-state index in [1.165, 1.54) is 0 Å². The predicted molar refractivity (Wildman–Crippen MR) is 76.4 cm³/mol. The van der Waals surface area contributed by atoms with Gasteiger partial charge in [-0.25, -0.2) is 17.2 Å². The van der Waals surface area contributed by atoms with Crippen LogP contribution in [0.1, 0.15) is 20.3 Å². The Bertz CT molecular complexity index is 618. The minimum Gasteiger partial charge on any atom is -0.354 e. The molecule has 118 valence electrons. The Kier molecular flexibility index (Phi) is 5.65. The van der Waals surface area contributed by atoms with Gasteiger partial charge in [-0.1, -0.05) is 0 Å². The first-order valence-electron chi connectivity index (χ1n) is 6.33. The van der Waals surface area contributed by atoms with E-state index in [1.54, 1.807) is 13.8 Å². The first kappa shape index (κ1) is 17.4. The molecule has 1 amide bonds. The van der Waals surface area contributed by atoms with Crippen LogP contribution in [0, 0.1) is 11.6 Å². The number of nitrogens with zero attached hydrogens (tertiary/aromatic N) is 1. The lowest BCUT2D eigenvalue weighted by atomic mass is 10.3. The third kappa shape index (κ3) is 5.30. The van der Waals surface area contributed by atoms with Crippen molar-refractivity contribution in [1.82, 2.24) is 5.32 Å². The van der Waals surface area contributed by atoms with E-state index < -0.39 is 21.7 Å². The highest BCUT2D eigenvalue weighted by Gasteiger charge is 2.20. The van der Waals surface area contributed by atoms with E-state index in [2.05, 4.69) is 5.32 Å². The van der Waals surface area contributed by atoms with Crippen LogP contribution in [0.5, 0.6) is 0 Å². The molecule has 1 aromatic carbocycles. The SMILES string of the molecule is CC(C)NC(=O)CCN(c1ccc(F)c(F)c1)S(C)(=O)=O. The van der Waals surface area contributed by atoms with Crippen LogP contribution in [-0.4, -0.2) is 33.2 Å². The van der Waals surface area contributed by atoms with Gasteiger partial charge in [-0.3, -0.25) is 9.10 Å². The van der Waals surface area contributed by atoms with E-state index >= 15 is 0 Å². The molecule has 0 aliphatic rings. The summed E-state index contributed by atoms with van der Waals surface area (Å²) in [7, 11) is -3.71. The molecule has 0 fully saturated rings. The Morgan fingerprint density at radius 3 is 2.38 bits per heavy atom. The van der Waals surface area contributed by atoms with Gasteiger partial charge in [0.25, 0.3) is 0 Å². The molecule has 0 radical (unpaired) electrons. The van der Waals surface area contributed by atoms with Crippen molar-refractivity contribution in [2.45, 2.75) is 26.3 Å². The van der Waals surface area contributed by atoms with Crippen LogP contribution >= 0.6 is 0 Å². The summed E-state index contributed by atoms with van der Waals surface area (Å²) in [5, 5.41) is 2.63. The summed E-state index contributed by atoms with van der Waals surface area (Å²) in [6.07, 6.45) is 0.860. The van der Waals surface area contributed by atoms with Crippen molar-refractivity contribution in [2.24, 2.45) is 0 Å². The lowest BCUT2D eigenvalue weighted by Crippen LogP contribution is -2.36. The fourth-order valence-electron chi connectivity index (χ4n) is 1.72. The number of amides is 1. The van der Waals surface area contributed by atoms with Crippen molar-refractivity contribution in [1.29, 1.82) is 0 Å². The van der Waals surface area contributed by atoms with Gasteiger partial charge >= 0.3 is 0 Å². The molecule has 8 heteroatoms. The average Bonchev–Trinajstić information content (AvgIpc) is 2.31. The molecule has 0 aromatic heterocycles. The molecule has 0 spiro atoms. The second-order valence-corrected chi connectivity index (χ2v) is 6.81. The highest BCUT2D eigenvalue weighted by molar-refractivity contribution is 7.92. The van der Waals surface area contributed by atoms with Gasteiger partial charge < -0.3 is 5.32 Å². The fraction of sp³-hybridized carbons (Fsp3) is 0.462. The zero-order chi connectivity index (χ0) is 16.2. The van der Waals surface area contributed by atoms with Crippen molar-refractivity contribution in [3.63, 3.8) is 0 Å². The Morgan fingerprint density at radius 2 is 1.90 bits per heavy atom. The number of hydrogen-bond acceptors (Lipinski definition) is 3. The molecule has 0 saturated carbocycles. The summed E-state index contributed by atoms with van der Waals surface area (Å²) in [5.74, 6) is -2.53.